The zero-order valence-electron chi connectivity index (χ0n) is 10.5. The quantitative estimate of drug-likeness (QED) is 0.372. The lowest BCUT2D eigenvalue weighted by molar-refractivity contribution is 0.635. The van der Waals surface area contributed by atoms with Crippen molar-refractivity contribution in [2.75, 3.05) is 0 Å². The number of rotatable bonds is 0. The van der Waals surface area contributed by atoms with E-state index in [2.05, 4.69) is 0 Å². The second kappa shape index (κ2) is 4.01. The van der Waals surface area contributed by atoms with E-state index in [0.29, 0.717) is 21.5 Å². The molecule has 0 spiro atoms. The van der Waals surface area contributed by atoms with Crippen LogP contribution in [0.1, 0.15) is 0 Å². The lowest BCUT2D eigenvalue weighted by Crippen LogP contribution is -1.90. The van der Waals surface area contributed by atoms with Crippen LogP contribution in [0.3, 0.4) is 0 Å². The normalized spacial score (nSPS) is 11.5. The summed E-state index contributed by atoms with van der Waals surface area (Å²) in [6.07, 6.45) is 0. The molecule has 4 aromatic rings. The van der Waals surface area contributed by atoms with Crippen LogP contribution < -0.4 is 0 Å². The van der Waals surface area contributed by atoms with Gasteiger partial charge in [0.05, 0.1) is 0 Å². The third-order valence-electron chi connectivity index (χ3n) is 3.76. The molecule has 0 bridgehead atoms. The van der Waals surface area contributed by atoms with E-state index in [9.17, 15) is 8.78 Å². The first kappa shape index (κ1) is 11.4. The highest BCUT2D eigenvalue weighted by atomic mass is 19.1. The number of benzene rings is 4. The van der Waals surface area contributed by atoms with Crippen molar-refractivity contribution in [3.63, 3.8) is 0 Å². The molecule has 0 aromatic heterocycles. The van der Waals surface area contributed by atoms with Crippen LogP contribution in [-0.4, -0.2) is 0 Å². The summed E-state index contributed by atoms with van der Waals surface area (Å²) in [6, 6.07) is 17.7. The SMILES string of the molecule is Fc1c2ccccc2c(F)c2cc3ccccc3cc12. The summed E-state index contributed by atoms with van der Waals surface area (Å²) in [5.41, 5.74) is 0. The lowest BCUT2D eigenvalue weighted by Gasteiger charge is -2.08. The van der Waals surface area contributed by atoms with E-state index in [1.807, 2.05) is 24.3 Å². The Morgan fingerprint density at radius 1 is 0.500 bits per heavy atom. The van der Waals surface area contributed by atoms with Gasteiger partial charge in [-0.15, -0.1) is 0 Å². The summed E-state index contributed by atoms with van der Waals surface area (Å²) >= 11 is 0. The third-order valence-corrected chi connectivity index (χ3v) is 3.76. The average molecular weight is 264 g/mol. The van der Waals surface area contributed by atoms with Crippen molar-refractivity contribution in [3.8, 4) is 0 Å². The largest absolute Gasteiger partial charge is 0.206 e. The molecular formula is C18H10F2. The number of hydrogen-bond donors (Lipinski definition) is 0. The minimum Gasteiger partial charge on any atom is -0.206 e. The van der Waals surface area contributed by atoms with Gasteiger partial charge in [0.2, 0.25) is 0 Å². The van der Waals surface area contributed by atoms with Crippen molar-refractivity contribution in [2.45, 2.75) is 0 Å². The summed E-state index contributed by atoms with van der Waals surface area (Å²) in [5.74, 6) is -0.717. The van der Waals surface area contributed by atoms with Gasteiger partial charge < -0.3 is 0 Å². The van der Waals surface area contributed by atoms with Crippen LogP contribution in [0.4, 0.5) is 8.78 Å². The summed E-state index contributed by atoms with van der Waals surface area (Å²) in [5, 5.41) is 3.14. The van der Waals surface area contributed by atoms with Crippen LogP contribution in [0.5, 0.6) is 0 Å². The Morgan fingerprint density at radius 2 is 0.900 bits per heavy atom. The molecule has 0 radical (unpaired) electrons. The predicted molar refractivity (Wildman–Crippen MR) is 78.9 cm³/mol. The summed E-state index contributed by atoms with van der Waals surface area (Å²) in [7, 11) is 0. The fourth-order valence-corrected chi connectivity index (χ4v) is 2.76. The first-order valence-corrected chi connectivity index (χ1v) is 6.44. The molecule has 0 saturated heterocycles. The van der Waals surface area contributed by atoms with E-state index in [-0.39, 0.29) is 11.6 Å². The number of halogens is 2. The number of hydrogen-bond acceptors (Lipinski definition) is 0. The molecule has 4 rings (SSSR count). The van der Waals surface area contributed by atoms with Crippen LogP contribution in [0.25, 0.3) is 32.3 Å². The van der Waals surface area contributed by atoms with Crippen LogP contribution in [0.2, 0.25) is 0 Å². The van der Waals surface area contributed by atoms with E-state index in [0.717, 1.165) is 10.8 Å². The molecule has 0 nitrogen and oxygen atoms in total. The molecule has 0 amide bonds. The van der Waals surface area contributed by atoms with Gasteiger partial charge in [-0.1, -0.05) is 48.5 Å². The maximum Gasteiger partial charge on any atom is 0.139 e. The van der Waals surface area contributed by atoms with Gasteiger partial charge >= 0.3 is 0 Å². The van der Waals surface area contributed by atoms with Gasteiger partial charge in [0, 0.05) is 21.5 Å². The van der Waals surface area contributed by atoms with E-state index < -0.39 is 0 Å². The maximum absolute atomic E-state index is 14.6. The first-order chi connectivity index (χ1) is 9.75. The molecule has 2 heteroatoms. The Kier molecular flexibility index (Phi) is 2.27. The maximum atomic E-state index is 14.6. The summed E-state index contributed by atoms with van der Waals surface area (Å²) < 4.78 is 29.2. The molecule has 0 unspecified atom stereocenters. The van der Waals surface area contributed by atoms with E-state index in [4.69, 9.17) is 0 Å². The fourth-order valence-electron chi connectivity index (χ4n) is 2.76. The summed E-state index contributed by atoms with van der Waals surface area (Å²) in [4.78, 5) is 0. The summed E-state index contributed by atoms with van der Waals surface area (Å²) in [6.45, 7) is 0. The molecular weight excluding hydrogens is 254 g/mol. The monoisotopic (exact) mass is 264 g/mol. The van der Waals surface area contributed by atoms with Gasteiger partial charge in [0.1, 0.15) is 11.6 Å². The topological polar surface area (TPSA) is 0 Å². The fraction of sp³-hybridized carbons (Fsp3) is 0. The zero-order valence-corrected chi connectivity index (χ0v) is 10.5. The molecule has 20 heavy (non-hydrogen) atoms. The Hall–Kier alpha value is -2.48. The second-order valence-corrected chi connectivity index (χ2v) is 4.92. The molecule has 96 valence electrons. The third kappa shape index (κ3) is 1.45. The Labute approximate surface area is 114 Å². The molecule has 0 saturated carbocycles. The van der Waals surface area contributed by atoms with Crippen molar-refractivity contribution in [1.82, 2.24) is 0 Å². The Bertz CT molecular complexity index is 891. The highest BCUT2D eigenvalue weighted by Crippen LogP contribution is 2.33. The molecule has 0 atom stereocenters. The molecule has 0 aliphatic carbocycles. The first-order valence-electron chi connectivity index (χ1n) is 6.44. The highest BCUT2D eigenvalue weighted by molar-refractivity contribution is 6.05. The van der Waals surface area contributed by atoms with E-state index in [1.54, 1.807) is 36.4 Å². The molecule has 0 N–H and O–H groups in total. The van der Waals surface area contributed by atoms with Crippen LogP contribution in [0, 0.1) is 11.6 Å². The smallest absolute Gasteiger partial charge is 0.139 e. The van der Waals surface area contributed by atoms with Crippen molar-refractivity contribution in [1.29, 1.82) is 0 Å². The molecule has 0 aliphatic heterocycles. The second-order valence-electron chi connectivity index (χ2n) is 4.92. The van der Waals surface area contributed by atoms with Crippen molar-refractivity contribution in [2.24, 2.45) is 0 Å². The van der Waals surface area contributed by atoms with Crippen LogP contribution >= 0.6 is 0 Å². The zero-order chi connectivity index (χ0) is 13.7. The molecule has 4 aromatic carbocycles. The van der Waals surface area contributed by atoms with Gasteiger partial charge in [-0.2, -0.15) is 0 Å². The van der Waals surface area contributed by atoms with Crippen molar-refractivity contribution in [3.05, 3.63) is 72.3 Å². The molecule has 0 aliphatic rings. The van der Waals surface area contributed by atoms with Crippen molar-refractivity contribution >= 4 is 32.3 Å². The van der Waals surface area contributed by atoms with Crippen LogP contribution in [-0.2, 0) is 0 Å². The minimum absolute atomic E-state index is 0.327. The standard InChI is InChI=1S/C18H10F2/c19-17-13-7-3-4-8-14(13)18(20)16-10-12-6-2-1-5-11(12)9-15(16)17/h1-10H. The Balaban J connectivity index is 2.31. The molecule has 0 fully saturated rings. The van der Waals surface area contributed by atoms with Gasteiger partial charge in [0.15, 0.2) is 0 Å². The Morgan fingerprint density at radius 3 is 1.35 bits per heavy atom. The predicted octanol–water partition coefficient (Wildman–Crippen LogP) is 5.42. The van der Waals surface area contributed by atoms with Crippen LogP contribution in [0.15, 0.2) is 60.7 Å². The number of fused-ring (bicyclic) bond motifs is 3. The van der Waals surface area contributed by atoms with Crippen molar-refractivity contribution < 1.29 is 8.78 Å². The lowest BCUT2D eigenvalue weighted by atomic mass is 9.98. The van der Waals surface area contributed by atoms with Gasteiger partial charge in [-0.25, -0.2) is 8.78 Å². The van der Waals surface area contributed by atoms with Gasteiger partial charge in [-0.05, 0) is 22.9 Å². The van der Waals surface area contributed by atoms with E-state index >= 15 is 0 Å². The highest BCUT2D eigenvalue weighted by Gasteiger charge is 2.14. The average Bonchev–Trinajstić information content (AvgIpc) is 2.51. The van der Waals surface area contributed by atoms with Gasteiger partial charge in [0.25, 0.3) is 0 Å². The van der Waals surface area contributed by atoms with Gasteiger partial charge in [-0.3, -0.25) is 0 Å². The minimum atomic E-state index is -0.359. The molecule has 0 heterocycles. The van der Waals surface area contributed by atoms with E-state index in [1.165, 1.54) is 0 Å².